The molecule has 2 aromatic heterocycles. The largest absolute Gasteiger partial charge is 0.324 e. The Labute approximate surface area is 249 Å². The lowest BCUT2D eigenvalue weighted by atomic mass is 9.89. The van der Waals surface area contributed by atoms with Crippen LogP contribution in [-0.2, 0) is 4.79 Å². The highest BCUT2D eigenvalue weighted by Gasteiger charge is 2.26. The topological polar surface area (TPSA) is 74.2 Å². The maximum absolute atomic E-state index is 13.4. The van der Waals surface area contributed by atoms with Crippen LogP contribution in [0.3, 0.4) is 0 Å². The predicted octanol–water partition coefficient (Wildman–Crippen LogP) is 7.41. The highest BCUT2D eigenvalue weighted by Crippen LogP contribution is 2.37. The average Bonchev–Trinajstić information content (AvgIpc) is 3.35. The van der Waals surface area contributed by atoms with Crippen molar-refractivity contribution < 1.29 is 4.79 Å². The minimum atomic E-state index is -0.0251. The number of benzene rings is 2. The Morgan fingerprint density at radius 2 is 1.85 bits per heavy atom. The number of hydrogen-bond acceptors (Lipinski definition) is 7. The molecule has 0 unspecified atom stereocenters. The number of anilines is 3. The van der Waals surface area contributed by atoms with Crippen LogP contribution in [0.1, 0.15) is 53.8 Å². The van der Waals surface area contributed by atoms with Crippen molar-refractivity contribution in [3.63, 3.8) is 0 Å². The minimum Gasteiger partial charge on any atom is -0.324 e. The number of fused-ring (bicyclic) bond motifs is 1. The maximum atomic E-state index is 13.4. The lowest BCUT2D eigenvalue weighted by Crippen LogP contribution is -2.31. The summed E-state index contributed by atoms with van der Waals surface area (Å²) < 4.78 is 0. The zero-order chi connectivity index (χ0) is 28.5. The molecule has 9 heteroatoms. The van der Waals surface area contributed by atoms with E-state index in [2.05, 4.69) is 51.5 Å². The van der Waals surface area contributed by atoms with Gasteiger partial charge in [-0.15, -0.1) is 11.3 Å². The number of thiazole rings is 1. The van der Waals surface area contributed by atoms with Crippen LogP contribution in [0.15, 0.2) is 54.9 Å². The van der Waals surface area contributed by atoms with Crippen LogP contribution in [0.25, 0.3) is 22.1 Å². The van der Waals surface area contributed by atoms with Crippen molar-refractivity contribution >= 4 is 57.9 Å². The van der Waals surface area contributed by atoms with Gasteiger partial charge < -0.3 is 10.2 Å². The van der Waals surface area contributed by atoms with Gasteiger partial charge in [0.25, 0.3) is 0 Å². The van der Waals surface area contributed by atoms with Crippen LogP contribution in [0.4, 0.5) is 17.5 Å². The summed E-state index contributed by atoms with van der Waals surface area (Å²) in [5.74, 6) is 1.64. The molecule has 1 saturated heterocycles. The molecular weight excluding hydrogens is 552 g/mol. The van der Waals surface area contributed by atoms with Crippen LogP contribution in [0.2, 0.25) is 5.02 Å². The quantitative estimate of drug-likeness (QED) is 0.254. The number of piperidine rings is 1. The zero-order valence-corrected chi connectivity index (χ0v) is 25.1. The van der Waals surface area contributed by atoms with E-state index in [1.54, 1.807) is 22.4 Å². The SMILES string of the molecule is CCN1C(=O)CC(c2ccc(-c3cnc(C)s3)cc2Cl)=Cc2cnc(Nc3ccc(C4CCN(C)CC4)cc3)nc21. The van der Waals surface area contributed by atoms with Crippen molar-refractivity contribution in [1.29, 1.82) is 0 Å². The van der Waals surface area contributed by atoms with Gasteiger partial charge in [0, 0.05) is 35.2 Å². The molecule has 1 amide bonds. The number of hydrogen-bond donors (Lipinski definition) is 1. The lowest BCUT2D eigenvalue weighted by Gasteiger charge is -2.29. The van der Waals surface area contributed by atoms with Gasteiger partial charge in [0.1, 0.15) is 5.82 Å². The van der Waals surface area contributed by atoms with E-state index in [0.717, 1.165) is 50.9 Å². The fraction of sp³-hybridized carbons (Fsp3) is 0.312. The summed E-state index contributed by atoms with van der Waals surface area (Å²) in [6.07, 6.45) is 8.23. The second-order valence-corrected chi connectivity index (χ2v) is 12.4. The van der Waals surface area contributed by atoms with Gasteiger partial charge in [-0.1, -0.05) is 35.9 Å². The molecule has 41 heavy (non-hydrogen) atoms. The van der Waals surface area contributed by atoms with Crippen LogP contribution in [0.5, 0.6) is 0 Å². The van der Waals surface area contributed by atoms with E-state index in [1.807, 2.05) is 44.3 Å². The third kappa shape index (κ3) is 5.91. The smallest absolute Gasteiger partial charge is 0.232 e. The number of halogens is 1. The Kier molecular flexibility index (Phi) is 7.88. The van der Waals surface area contributed by atoms with E-state index >= 15 is 0 Å². The fourth-order valence-electron chi connectivity index (χ4n) is 5.61. The van der Waals surface area contributed by atoms with Gasteiger partial charge in [0.05, 0.1) is 16.3 Å². The van der Waals surface area contributed by atoms with Crippen molar-refractivity contribution in [3.05, 3.63) is 81.6 Å². The molecule has 0 radical (unpaired) electrons. The Hall–Kier alpha value is -3.59. The summed E-state index contributed by atoms with van der Waals surface area (Å²) in [4.78, 5) is 32.3. The van der Waals surface area contributed by atoms with Crippen LogP contribution in [0, 0.1) is 6.92 Å². The number of aryl methyl sites for hydroxylation is 1. The molecule has 2 aliphatic rings. The Morgan fingerprint density at radius 1 is 1.07 bits per heavy atom. The van der Waals surface area contributed by atoms with Gasteiger partial charge in [-0.05, 0) is 99.3 Å². The summed E-state index contributed by atoms with van der Waals surface area (Å²) in [5.41, 5.74) is 5.77. The number of rotatable bonds is 6. The Balaban J connectivity index is 1.26. The molecule has 4 heterocycles. The standard InChI is InChI=1S/C32H33ClN6OS/c1-4-39-30(40)17-24(27-10-7-23(16-28(27)33)29-19-34-20(2)41-29)15-25-18-35-32(37-31(25)39)36-26-8-5-21(6-9-26)22-11-13-38(3)14-12-22/h5-10,15-16,18-19,22H,4,11-14,17H2,1-3H3,(H,35,36,37). The molecule has 0 saturated carbocycles. The lowest BCUT2D eigenvalue weighted by molar-refractivity contribution is -0.117. The molecule has 210 valence electrons. The number of aromatic nitrogens is 3. The van der Waals surface area contributed by atoms with Crippen LogP contribution >= 0.6 is 22.9 Å². The second kappa shape index (κ2) is 11.7. The Bertz CT molecular complexity index is 1610. The molecule has 4 aromatic rings. The van der Waals surface area contributed by atoms with Crippen LogP contribution in [-0.4, -0.2) is 52.4 Å². The summed E-state index contributed by atoms with van der Waals surface area (Å²) in [6.45, 7) is 6.73. The molecule has 7 nitrogen and oxygen atoms in total. The third-order valence-electron chi connectivity index (χ3n) is 7.92. The molecular formula is C32H33ClN6OS. The molecule has 0 spiro atoms. The molecule has 1 N–H and O–H groups in total. The van der Waals surface area contributed by atoms with E-state index in [-0.39, 0.29) is 12.3 Å². The van der Waals surface area contributed by atoms with E-state index in [1.165, 1.54) is 18.4 Å². The molecule has 0 aliphatic carbocycles. The van der Waals surface area contributed by atoms with E-state index in [9.17, 15) is 4.79 Å². The summed E-state index contributed by atoms with van der Waals surface area (Å²) in [5, 5.41) is 4.94. The Morgan fingerprint density at radius 3 is 2.54 bits per heavy atom. The van der Waals surface area contributed by atoms with Crippen molar-refractivity contribution in [1.82, 2.24) is 19.9 Å². The first kappa shape index (κ1) is 27.6. The van der Waals surface area contributed by atoms with Gasteiger partial charge >= 0.3 is 0 Å². The van der Waals surface area contributed by atoms with Crippen molar-refractivity contribution in [2.45, 2.75) is 39.0 Å². The second-order valence-electron chi connectivity index (χ2n) is 10.7. The summed E-state index contributed by atoms with van der Waals surface area (Å²) in [7, 11) is 2.19. The number of amides is 1. The first-order valence-corrected chi connectivity index (χ1v) is 15.2. The zero-order valence-electron chi connectivity index (χ0n) is 23.5. The van der Waals surface area contributed by atoms with Gasteiger partial charge in [0.2, 0.25) is 11.9 Å². The van der Waals surface area contributed by atoms with E-state index in [4.69, 9.17) is 16.6 Å². The normalized spacial score (nSPS) is 16.3. The number of carbonyl (C=O) groups excluding carboxylic acids is 1. The average molecular weight is 585 g/mol. The van der Waals surface area contributed by atoms with E-state index < -0.39 is 0 Å². The van der Waals surface area contributed by atoms with Crippen molar-refractivity contribution in [3.8, 4) is 10.4 Å². The van der Waals surface area contributed by atoms with Gasteiger partial charge in [-0.2, -0.15) is 4.98 Å². The maximum Gasteiger partial charge on any atom is 0.232 e. The highest BCUT2D eigenvalue weighted by molar-refractivity contribution is 7.15. The van der Waals surface area contributed by atoms with Crippen molar-refractivity contribution in [2.24, 2.45) is 0 Å². The number of nitrogens with one attached hydrogen (secondary N) is 1. The highest BCUT2D eigenvalue weighted by atomic mass is 35.5. The predicted molar refractivity (Wildman–Crippen MR) is 169 cm³/mol. The molecule has 2 aromatic carbocycles. The molecule has 1 fully saturated rings. The monoisotopic (exact) mass is 584 g/mol. The molecule has 0 bridgehead atoms. The molecule has 6 rings (SSSR count). The van der Waals surface area contributed by atoms with E-state index in [0.29, 0.717) is 29.3 Å². The summed E-state index contributed by atoms with van der Waals surface area (Å²) >= 11 is 8.40. The molecule has 0 atom stereocenters. The van der Waals surface area contributed by atoms with Gasteiger partial charge in [-0.25, -0.2) is 9.97 Å². The fourth-order valence-corrected chi connectivity index (χ4v) is 6.68. The number of nitrogens with zero attached hydrogens (tertiary/aromatic N) is 5. The van der Waals surface area contributed by atoms with Gasteiger partial charge in [-0.3, -0.25) is 9.69 Å². The minimum absolute atomic E-state index is 0.0251. The summed E-state index contributed by atoms with van der Waals surface area (Å²) in [6, 6.07) is 14.5. The third-order valence-corrected chi connectivity index (χ3v) is 9.19. The first-order chi connectivity index (χ1) is 19.9. The number of likely N-dealkylation sites (tertiary alicyclic amines) is 1. The number of carbonyl (C=O) groups is 1. The van der Waals surface area contributed by atoms with Crippen LogP contribution < -0.4 is 10.2 Å². The first-order valence-electron chi connectivity index (χ1n) is 14.0. The van der Waals surface area contributed by atoms with Crippen molar-refractivity contribution in [2.75, 3.05) is 36.9 Å². The molecule has 2 aliphatic heterocycles. The van der Waals surface area contributed by atoms with Gasteiger partial charge in [0.15, 0.2) is 0 Å².